The third-order valence-electron chi connectivity index (χ3n) is 10.2. The lowest BCUT2D eigenvalue weighted by molar-refractivity contribution is -0.301. The first-order valence-corrected chi connectivity index (χ1v) is 23.2. The van der Waals surface area contributed by atoms with E-state index in [-0.39, 0.29) is 19.6 Å². The standard InChI is InChI=1S/C41H80O12S/c1-3-5-7-9-11-13-15-16-17-18-19-20-22-24-26-28-30-37(43)51-35(33-49-31-29-27-25-23-21-14-12-10-8-6-4-2)34-50-41-39(45)40(53-54(46,47)48)38(44)36(32-42)52-41/h35-36,38-42,44-45H,3-34H2,1-2H3,(H,46,47,48). The second kappa shape index (κ2) is 34.2. The number of carbonyl (C=O) groups is 1. The first-order chi connectivity index (χ1) is 26.1. The molecule has 1 aliphatic heterocycles. The van der Waals surface area contributed by atoms with Crippen molar-refractivity contribution in [1.82, 2.24) is 0 Å². The molecule has 1 rings (SSSR count). The summed E-state index contributed by atoms with van der Waals surface area (Å²) in [5.74, 6) is -0.395. The smallest absolute Gasteiger partial charge is 0.397 e. The van der Waals surface area contributed by atoms with E-state index in [4.69, 9.17) is 23.5 Å². The maximum atomic E-state index is 12.8. The molecule has 0 saturated carbocycles. The van der Waals surface area contributed by atoms with Crippen LogP contribution in [0.25, 0.3) is 0 Å². The van der Waals surface area contributed by atoms with Gasteiger partial charge in [0.15, 0.2) is 6.29 Å². The monoisotopic (exact) mass is 797 g/mol. The third-order valence-corrected chi connectivity index (χ3v) is 10.7. The van der Waals surface area contributed by atoms with Crippen molar-refractivity contribution >= 4 is 16.4 Å². The molecule has 1 heterocycles. The molecule has 6 unspecified atom stereocenters. The maximum absolute atomic E-state index is 12.8. The fourth-order valence-electron chi connectivity index (χ4n) is 6.91. The molecular formula is C41H80O12S. The van der Waals surface area contributed by atoms with E-state index >= 15 is 0 Å². The average Bonchev–Trinajstić information content (AvgIpc) is 3.14. The Hall–Kier alpha value is -0.900. The van der Waals surface area contributed by atoms with Gasteiger partial charge in [-0.25, -0.2) is 4.18 Å². The largest absolute Gasteiger partial charge is 0.457 e. The number of aliphatic hydroxyl groups excluding tert-OH is 3. The third kappa shape index (κ3) is 27.7. The molecule has 1 aliphatic rings. The topological polar surface area (TPSA) is 178 Å². The Labute approximate surface area is 328 Å². The van der Waals surface area contributed by atoms with Crippen molar-refractivity contribution in [2.45, 2.75) is 230 Å². The number of esters is 1. The quantitative estimate of drug-likeness (QED) is 0.0266. The number of hydrogen-bond acceptors (Lipinski definition) is 11. The lowest BCUT2D eigenvalue weighted by atomic mass is 9.99. The Morgan fingerprint density at radius 3 is 1.48 bits per heavy atom. The Kier molecular flexibility index (Phi) is 32.3. The van der Waals surface area contributed by atoms with Crippen molar-refractivity contribution in [2.24, 2.45) is 0 Å². The van der Waals surface area contributed by atoms with Crippen LogP contribution in [0.1, 0.15) is 194 Å². The van der Waals surface area contributed by atoms with Gasteiger partial charge in [0, 0.05) is 13.0 Å². The minimum atomic E-state index is -5.05. The van der Waals surface area contributed by atoms with E-state index in [1.165, 1.54) is 128 Å². The zero-order valence-electron chi connectivity index (χ0n) is 34.1. The van der Waals surface area contributed by atoms with E-state index in [2.05, 4.69) is 18.0 Å². The molecule has 0 bridgehead atoms. The van der Waals surface area contributed by atoms with Gasteiger partial charge in [0.05, 0.1) is 19.8 Å². The highest BCUT2D eigenvalue weighted by molar-refractivity contribution is 7.80. The van der Waals surface area contributed by atoms with E-state index in [1.54, 1.807) is 0 Å². The van der Waals surface area contributed by atoms with Crippen LogP contribution in [0.3, 0.4) is 0 Å². The fourth-order valence-corrected chi connectivity index (χ4v) is 7.42. The van der Waals surface area contributed by atoms with E-state index in [0.29, 0.717) is 13.0 Å². The maximum Gasteiger partial charge on any atom is 0.397 e. The number of hydrogen-bond donors (Lipinski definition) is 4. The minimum absolute atomic E-state index is 0.0439. The second-order valence-corrected chi connectivity index (χ2v) is 16.4. The van der Waals surface area contributed by atoms with Crippen LogP contribution in [0.5, 0.6) is 0 Å². The van der Waals surface area contributed by atoms with E-state index in [9.17, 15) is 28.5 Å². The van der Waals surface area contributed by atoms with Crippen LogP contribution in [0.4, 0.5) is 0 Å². The van der Waals surface area contributed by atoms with Crippen LogP contribution in [0.15, 0.2) is 0 Å². The fraction of sp³-hybridized carbons (Fsp3) is 0.976. The lowest BCUT2D eigenvalue weighted by Crippen LogP contribution is -2.60. The molecule has 54 heavy (non-hydrogen) atoms. The van der Waals surface area contributed by atoms with Crippen molar-refractivity contribution < 1.29 is 56.2 Å². The van der Waals surface area contributed by atoms with Crippen molar-refractivity contribution in [3.8, 4) is 0 Å². The molecular weight excluding hydrogens is 717 g/mol. The molecule has 0 amide bonds. The summed E-state index contributed by atoms with van der Waals surface area (Å²) in [6.07, 6.45) is 24.2. The molecule has 0 aromatic heterocycles. The molecule has 0 spiro atoms. The number of aliphatic hydroxyl groups is 3. The van der Waals surface area contributed by atoms with Gasteiger partial charge in [-0.2, -0.15) is 8.42 Å². The Morgan fingerprint density at radius 2 is 1.06 bits per heavy atom. The predicted molar refractivity (Wildman–Crippen MR) is 211 cm³/mol. The Morgan fingerprint density at radius 1 is 0.630 bits per heavy atom. The van der Waals surface area contributed by atoms with Crippen LogP contribution in [0, 0.1) is 0 Å². The first kappa shape index (κ1) is 51.1. The van der Waals surface area contributed by atoms with Gasteiger partial charge in [-0.15, -0.1) is 0 Å². The Bertz CT molecular complexity index is 968. The molecule has 322 valence electrons. The van der Waals surface area contributed by atoms with Gasteiger partial charge in [0.1, 0.15) is 30.5 Å². The zero-order valence-corrected chi connectivity index (χ0v) is 34.9. The summed E-state index contributed by atoms with van der Waals surface area (Å²) in [4.78, 5) is 12.8. The first-order valence-electron chi connectivity index (χ1n) is 21.8. The van der Waals surface area contributed by atoms with Crippen LogP contribution in [-0.2, 0) is 38.3 Å². The molecule has 1 saturated heterocycles. The van der Waals surface area contributed by atoms with Gasteiger partial charge in [-0.05, 0) is 12.8 Å². The number of ether oxygens (including phenoxy) is 4. The van der Waals surface area contributed by atoms with Crippen LogP contribution in [-0.4, -0.2) is 97.5 Å². The second-order valence-electron chi connectivity index (χ2n) is 15.3. The summed E-state index contributed by atoms with van der Waals surface area (Å²) in [5, 5.41) is 30.6. The molecule has 6 atom stereocenters. The molecule has 0 radical (unpaired) electrons. The molecule has 0 aromatic carbocycles. The van der Waals surface area contributed by atoms with Gasteiger partial charge < -0.3 is 34.3 Å². The van der Waals surface area contributed by atoms with Crippen LogP contribution in [0.2, 0.25) is 0 Å². The molecule has 0 aromatic rings. The van der Waals surface area contributed by atoms with Crippen LogP contribution >= 0.6 is 0 Å². The molecule has 13 heteroatoms. The van der Waals surface area contributed by atoms with Gasteiger partial charge in [0.2, 0.25) is 0 Å². The van der Waals surface area contributed by atoms with Gasteiger partial charge in [-0.1, -0.05) is 174 Å². The number of rotatable bonds is 38. The SMILES string of the molecule is CCCCCCCCCCCCCCCCCCC(=O)OC(COCCCCCCCCCCCCC)COC1OC(CO)C(O)C(OS(=O)(=O)O)C1O. The predicted octanol–water partition coefficient (Wildman–Crippen LogP) is 8.52. The number of carbonyl (C=O) groups excluding carboxylic acids is 1. The Balaban J connectivity index is 2.43. The molecule has 4 N–H and O–H groups in total. The normalized spacial score (nSPS) is 21.0. The molecule has 12 nitrogen and oxygen atoms in total. The van der Waals surface area contributed by atoms with Gasteiger partial charge >= 0.3 is 16.4 Å². The van der Waals surface area contributed by atoms with Crippen LogP contribution < -0.4 is 0 Å². The van der Waals surface area contributed by atoms with Crippen molar-refractivity contribution in [1.29, 1.82) is 0 Å². The molecule has 1 fully saturated rings. The van der Waals surface area contributed by atoms with E-state index in [0.717, 1.165) is 38.5 Å². The van der Waals surface area contributed by atoms with Gasteiger partial charge in [-0.3, -0.25) is 9.35 Å². The highest BCUT2D eigenvalue weighted by atomic mass is 32.3. The van der Waals surface area contributed by atoms with Gasteiger partial charge in [0.25, 0.3) is 0 Å². The zero-order chi connectivity index (χ0) is 39.7. The summed E-state index contributed by atoms with van der Waals surface area (Å²) in [6.45, 7) is 4.01. The summed E-state index contributed by atoms with van der Waals surface area (Å²) in [5.41, 5.74) is 0. The summed E-state index contributed by atoms with van der Waals surface area (Å²) < 4.78 is 58.9. The van der Waals surface area contributed by atoms with Crippen molar-refractivity contribution in [3.05, 3.63) is 0 Å². The van der Waals surface area contributed by atoms with E-state index < -0.39 is 59.8 Å². The highest BCUT2D eigenvalue weighted by Crippen LogP contribution is 2.26. The van der Waals surface area contributed by atoms with E-state index in [1.807, 2.05) is 0 Å². The van der Waals surface area contributed by atoms with Crippen molar-refractivity contribution in [2.75, 3.05) is 26.4 Å². The minimum Gasteiger partial charge on any atom is -0.457 e. The molecule has 0 aliphatic carbocycles. The lowest BCUT2D eigenvalue weighted by Gasteiger charge is -2.41. The summed E-state index contributed by atoms with van der Waals surface area (Å²) in [7, 11) is -5.05. The summed E-state index contributed by atoms with van der Waals surface area (Å²) >= 11 is 0. The number of unbranched alkanes of at least 4 members (excludes halogenated alkanes) is 25. The summed E-state index contributed by atoms with van der Waals surface area (Å²) in [6, 6.07) is 0. The highest BCUT2D eigenvalue weighted by Gasteiger charge is 2.48. The average molecular weight is 797 g/mol. The van der Waals surface area contributed by atoms with Crippen molar-refractivity contribution in [3.63, 3.8) is 0 Å².